The van der Waals surface area contributed by atoms with Gasteiger partial charge in [0, 0.05) is 50.6 Å². The lowest BCUT2D eigenvalue weighted by molar-refractivity contribution is -0.0983. The van der Waals surface area contributed by atoms with E-state index in [4.69, 9.17) is 9.47 Å². The lowest BCUT2D eigenvalue weighted by Gasteiger charge is -2.44. The SMILES string of the molecule is O=C(c1cc2c(s1)CCOC21CCN(CC2CCOC2)CC1)N1CCCC1. The maximum atomic E-state index is 12.9. The van der Waals surface area contributed by atoms with E-state index in [1.807, 2.05) is 4.90 Å². The quantitative estimate of drug-likeness (QED) is 0.796. The van der Waals surface area contributed by atoms with Gasteiger partial charge in [0.25, 0.3) is 5.91 Å². The first-order valence-corrected chi connectivity index (χ1v) is 11.4. The molecule has 148 valence electrons. The molecule has 3 fully saturated rings. The van der Waals surface area contributed by atoms with E-state index in [2.05, 4.69) is 11.0 Å². The van der Waals surface area contributed by atoms with Gasteiger partial charge >= 0.3 is 0 Å². The number of piperidine rings is 1. The van der Waals surface area contributed by atoms with E-state index in [0.29, 0.717) is 5.92 Å². The Hall–Kier alpha value is -0.950. The Morgan fingerprint density at radius 2 is 2.00 bits per heavy atom. The Bertz CT molecular complexity index is 684. The van der Waals surface area contributed by atoms with Gasteiger partial charge in [0.1, 0.15) is 0 Å². The first-order valence-electron chi connectivity index (χ1n) is 10.6. The first-order chi connectivity index (χ1) is 13.2. The Kier molecular flexibility index (Phi) is 5.01. The van der Waals surface area contributed by atoms with Gasteiger partial charge in [-0.3, -0.25) is 4.79 Å². The fourth-order valence-corrected chi connectivity index (χ4v) is 6.40. The molecule has 0 saturated carbocycles. The lowest BCUT2D eigenvalue weighted by atomic mass is 9.82. The van der Waals surface area contributed by atoms with Crippen molar-refractivity contribution in [1.29, 1.82) is 0 Å². The molecule has 6 heteroatoms. The maximum absolute atomic E-state index is 12.9. The molecule has 1 atom stereocenters. The highest BCUT2D eigenvalue weighted by Gasteiger charge is 2.43. The van der Waals surface area contributed by atoms with Gasteiger partial charge in [-0.05, 0) is 49.7 Å². The van der Waals surface area contributed by atoms with E-state index in [-0.39, 0.29) is 11.5 Å². The summed E-state index contributed by atoms with van der Waals surface area (Å²) in [7, 11) is 0. The summed E-state index contributed by atoms with van der Waals surface area (Å²) in [6, 6.07) is 2.18. The molecule has 1 amide bonds. The minimum Gasteiger partial charge on any atom is -0.381 e. The summed E-state index contributed by atoms with van der Waals surface area (Å²) >= 11 is 1.72. The summed E-state index contributed by atoms with van der Waals surface area (Å²) in [6.45, 7) is 7.81. The number of fused-ring (bicyclic) bond motifs is 2. The minimum absolute atomic E-state index is 0.156. The van der Waals surface area contributed by atoms with Gasteiger partial charge < -0.3 is 19.3 Å². The molecule has 1 aromatic heterocycles. The van der Waals surface area contributed by atoms with Crippen molar-refractivity contribution in [1.82, 2.24) is 9.80 Å². The zero-order valence-corrected chi connectivity index (χ0v) is 16.9. The number of ether oxygens (including phenoxy) is 2. The van der Waals surface area contributed by atoms with Crippen molar-refractivity contribution < 1.29 is 14.3 Å². The van der Waals surface area contributed by atoms with Crippen molar-refractivity contribution in [2.45, 2.75) is 44.1 Å². The van der Waals surface area contributed by atoms with Crippen molar-refractivity contribution in [3.63, 3.8) is 0 Å². The summed E-state index contributed by atoms with van der Waals surface area (Å²) in [6.07, 6.45) is 6.54. The molecule has 0 bridgehead atoms. The molecule has 1 unspecified atom stereocenters. The van der Waals surface area contributed by atoms with Crippen LogP contribution in [0, 0.1) is 5.92 Å². The second kappa shape index (κ2) is 7.47. The van der Waals surface area contributed by atoms with Crippen molar-refractivity contribution >= 4 is 17.2 Å². The summed E-state index contributed by atoms with van der Waals surface area (Å²) in [5.41, 5.74) is 1.17. The van der Waals surface area contributed by atoms with Crippen LogP contribution in [0.5, 0.6) is 0 Å². The monoisotopic (exact) mass is 390 g/mol. The molecule has 0 aromatic carbocycles. The second-order valence-corrected chi connectivity index (χ2v) is 9.71. The van der Waals surface area contributed by atoms with Crippen molar-refractivity contribution in [3.8, 4) is 0 Å². The third-order valence-corrected chi connectivity index (χ3v) is 8.00. The summed E-state index contributed by atoms with van der Waals surface area (Å²) in [5, 5.41) is 0. The molecule has 5 rings (SSSR count). The zero-order valence-electron chi connectivity index (χ0n) is 16.1. The van der Waals surface area contributed by atoms with Crippen LogP contribution in [0.25, 0.3) is 0 Å². The highest BCUT2D eigenvalue weighted by Crippen LogP contribution is 2.45. The van der Waals surface area contributed by atoms with Crippen LogP contribution in [0.3, 0.4) is 0 Å². The molecule has 4 aliphatic rings. The predicted molar refractivity (Wildman–Crippen MR) is 105 cm³/mol. The van der Waals surface area contributed by atoms with Gasteiger partial charge in [0.2, 0.25) is 0 Å². The standard InChI is InChI=1S/C21H30N2O3S/c24-20(23-7-1-2-8-23)19-13-17-18(27-19)4-12-26-21(17)5-9-22(10-6-21)14-16-3-11-25-15-16/h13,16H,1-12,14-15H2. The summed E-state index contributed by atoms with van der Waals surface area (Å²) in [4.78, 5) is 19.8. The number of likely N-dealkylation sites (tertiary alicyclic amines) is 2. The summed E-state index contributed by atoms with van der Waals surface area (Å²) < 4.78 is 11.9. The number of carbonyl (C=O) groups is 1. The Labute approximate surface area is 165 Å². The van der Waals surface area contributed by atoms with Crippen LogP contribution in [0.15, 0.2) is 6.07 Å². The molecule has 0 aliphatic carbocycles. The van der Waals surface area contributed by atoms with Gasteiger partial charge in [0.05, 0.1) is 23.7 Å². The van der Waals surface area contributed by atoms with Crippen LogP contribution in [-0.4, -0.2) is 68.3 Å². The predicted octanol–water partition coefficient (Wildman–Crippen LogP) is 2.88. The number of nitrogens with zero attached hydrogens (tertiary/aromatic N) is 2. The third kappa shape index (κ3) is 3.46. The van der Waals surface area contributed by atoms with Gasteiger partial charge in [-0.15, -0.1) is 11.3 Å². The summed E-state index contributed by atoms with van der Waals surface area (Å²) in [5.74, 6) is 0.938. The zero-order chi connectivity index (χ0) is 18.3. The normalized spacial score (nSPS) is 28.0. The highest BCUT2D eigenvalue weighted by molar-refractivity contribution is 7.14. The molecule has 4 aliphatic heterocycles. The van der Waals surface area contributed by atoms with E-state index in [9.17, 15) is 4.79 Å². The number of rotatable bonds is 3. The molecular formula is C21H30N2O3S. The van der Waals surface area contributed by atoms with Crippen molar-refractivity contribution in [2.75, 3.05) is 52.5 Å². The van der Waals surface area contributed by atoms with E-state index in [1.165, 1.54) is 16.9 Å². The van der Waals surface area contributed by atoms with Gasteiger partial charge in [-0.1, -0.05) is 0 Å². The molecule has 1 aromatic rings. The molecule has 5 heterocycles. The minimum atomic E-state index is -0.156. The fourth-order valence-electron chi connectivity index (χ4n) is 5.20. The lowest BCUT2D eigenvalue weighted by Crippen LogP contribution is -2.47. The average molecular weight is 391 g/mol. The van der Waals surface area contributed by atoms with Crippen molar-refractivity contribution in [2.24, 2.45) is 5.92 Å². The Morgan fingerprint density at radius 1 is 1.19 bits per heavy atom. The second-order valence-electron chi connectivity index (χ2n) is 8.57. The smallest absolute Gasteiger partial charge is 0.263 e. The largest absolute Gasteiger partial charge is 0.381 e. The topological polar surface area (TPSA) is 42.0 Å². The number of amides is 1. The number of hydrogen-bond acceptors (Lipinski definition) is 5. The van der Waals surface area contributed by atoms with Crippen LogP contribution in [-0.2, 0) is 21.5 Å². The number of carbonyl (C=O) groups excluding carboxylic acids is 1. The maximum Gasteiger partial charge on any atom is 0.263 e. The Morgan fingerprint density at radius 3 is 2.74 bits per heavy atom. The van der Waals surface area contributed by atoms with Crippen LogP contribution < -0.4 is 0 Å². The average Bonchev–Trinajstić information content (AvgIpc) is 3.45. The van der Waals surface area contributed by atoms with Crippen LogP contribution >= 0.6 is 11.3 Å². The molecule has 5 nitrogen and oxygen atoms in total. The highest BCUT2D eigenvalue weighted by atomic mass is 32.1. The van der Waals surface area contributed by atoms with E-state index < -0.39 is 0 Å². The molecule has 0 radical (unpaired) electrons. The van der Waals surface area contributed by atoms with E-state index >= 15 is 0 Å². The molecule has 3 saturated heterocycles. The van der Waals surface area contributed by atoms with Gasteiger partial charge in [0.15, 0.2) is 0 Å². The Balaban J connectivity index is 1.30. The molecule has 1 spiro atoms. The first kappa shape index (κ1) is 18.1. The van der Waals surface area contributed by atoms with Crippen molar-refractivity contribution in [3.05, 3.63) is 21.4 Å². The molecule has 0 N–H and O–H groups in total. The van der Waals surface area contributed by atoms with Gasteiger partial charge in [-0.25, -0.2) is 0 Å². The van der Waals surface area contributed by atoms with Crippen LogP contribution in [0.2, 0.25) is 0 Å². The molecule has 27 heavy (non-hydrogen) atoms. The number of thiophene rings is 1. The van der Waals surface area contributed by atoms with Gasteiger partial charge in [-0.2, -0.15) is 0 Å². The third-order valence-electron chi connectivity index (χ3n) is 6.82. The van der Waals surface area contributed by atoms with Crippen LogP contribution in [0.1, 0.15) is 52.2 Å². The van der Waals surface area contributed by atoms with E-state index in [1.54, 1.807) is 11.3 Å². The fraction of sp³-hybridized carbons (Fsp3) is 0.762. The number of hydrogen-bond donors (Lipinski definition) is 0. The van der Waals surface area contributed by atoms with Crippen LogP contribution in [0.4, 0.5) is 0 Å². The van der Waals surface area contributed by atoms with E-state index in [0.717, 1.165) is 89.5 Å². The molecular weight excluding hydrogens is 360 g/mol.